The quantitative estimate of drug-likeness (QED) is 0.725. The van der Waals surface area contributed by atoms with Crippen LogP contribution in [0.5, 0.6) is 0 Å². The Morgan fingerprint density at radius 1 is 0.889 bits per heavy atom. The largest absolute Gasteiger partial charge is 0.314 e. The van der Waals surface area contributed by atoms with Crippen LogP contribution in [0.4, 0.5) is 0 Å². The molecular weight excluding hydrogens is 222 g/mol. The topological polar surface area (TPSA) is 18.5 Å². The Hall–Kier alpha value is -0.120. The number of nitrogens with zero attached hydrogens (tertiary/aromatic N) is 2. The summed E-state index contributed by atoms with van der Waals surface area (Å²) in [4.78, 5) is 5.42. The van der Waals surface area contributed by atoms with Gasteiger partial charge in [-0.05, 0) is 45.2 Å². The lowest BCUT2D eigenvalue weighted by Crippen LogP contribution is -2.50. The van der Waals surface area contributed by atoms with Gasteiger partial charge in [0, 0.05) is 38.3 Å². The molecule has 1 N–H and O–H groups in total. The molecule has 3 aliphatic rings. The Bertz CT molecular complexity index is 238. The molecule has 0 spiro atoms. The smallest absolute Gasteiger partial charge is 0.0113 e. The maximum atomic E-state index is 3.61. The molecule has 0 amide bonds. The van der Waals surface area contributed by atoms with E-state index in [1.54, 1.807) is 0 Å². The Balaban J connectivity index is 1.27. The summed E-state index contributed by atoms with van der Waals surface area (Å²) in [5, 5.41) is 3.61. The Morgan fingerprint density at radius 2 is 1.61 bits per heavy atom. The normalized spacial score (nSPS) is 28.0. The molecule has 18 heavy (non-hydrogen) atoms. The Labute approximate surface area is 112 Å². The molecule has 0 atom stereocenters. The first kappa shape index (κ1) is 12.9. The second-order valence-electron chi connectivity index (χ2n) is 6.40. The van der Waals surface area contributed by atoms with Gasteiger partial charge in [0.2, 0.25) is 0 Å². The van der Waals surface area contributed by atoms with Gasteiger partial charge in [-0.2, -0.15) is 0 Å². The maximum absolute atomic E-state index is 3.61. The summed E-state index contributed by atoms with van der Waals surface area (Å²) in [6, 6.07) is 1.81. The second-order valence-corrected chi connectivity index (χ2v) is 6.40. The van der Waals surface area contributed by atoms with Crippen molar-refractivity contribution in [2.75, 3.05) is 39.3 Å². The molecule has 3 fully saturated rings. The molecule has 0 unspecified atom stereocenters. The minimum absolute atomic E-state index is 0.879. The lowest BCUT2D eigenvalue weighted by Gasteiger charge is -2.38. The predicted octanol–water partition coefficient (Wildman–Crippen LogP) is 1.69. The van der Waals surface area contributed by atoms with Crippen LogP contribution in [0.2, 0.25) is 0 Å². The average Bonchev–Trinajstić information content (AvgIpc) is 3.07. The molecule has 104 valence electrons. The lowest BCUT2D eigenvalue weighted by atomic mass is 10.2. The van der Waals surface area contributed by atoms with Crippen molar-refractivity contribution in [1.82, 2.24) is 15.1 Å². The van der Waals surface area contributed by atoms with Gasteiger partial charge in [-0.1, -0.05) is 12.8 Å². The van der Waals surface area contributed by atoms with Crippen LogP contribution in [0.15, 0.2) is 0 Å². The van der Waals surface area contributed by atoms with Crippen LogP contribution >= 0.6 is 0 Å². The molecule has 3 heteroatoms. The zero-order valence-electron chi connectivity index (χ0n) is 11.7. The zero-order chi connectivity index (χ0) is 12.2. The van der Waals surface area contributed by atoms with E-state index < -0.39 is 0 Å². The van der Waals surface area contributed by atoms with Crippen LogP contribution in [0.3, 0.4) is 0 Å². The first-order chi connectivity index (χ1) is 8.92. The van der Waals surface area contributed by atoms with Gasteiger partial charge in [0.05, 0.1) is 0 Å². The van der Waals surface area contributed by atoms with Crippen molar-refractivity contribution in [1.29, 1.82) is 0 Å². The summed E-state index contributed by atoms with van der Waals surface area (Å²) in [6.45, 7) is 7.78. The summed E-state index contributed by atoms with van der Waals surface area (Å²) in [5.41, 5.74) is 0. The maximum Gasteiger partial charge on any atom is 0.0113 e. The Kier molecular flexibility index (Phi) is 4.55. The third kappa shape index (κ3) is 3.69. The van der Waals surface area contributed by atoms with Crippen LogP contribution in [0.25, 0.3) is 0 Å². The van der Waals surface area contributed by atoms with Gasteiger partial charge in [-0.25, -0.2) is 0 Å². The van der Waals surface area contributed by atoms with Crippen molar-refractivity contribution in [2.45, 2.75) is 57.0 Å². The van der Waals surface area contributed by atoms with E-state index >= 15 is 0 Å². The van der Waals surface area contributed by atoms with Gasteiger partial charge >= 0.3 is 0 Å². The molecule has 2 saturated carbocycles. The molecule has 0 aromatic heterocycles. The predicted molar refractivity (Wildman–Crippen MR) is 75.9 cm³/mol. The van der Waals surface area contributed by atoms with Gasteiger partial charge in [0.1, 0.15) is 0 Å². The molecule has 0 aromatic rings. The van der Waals surface area contributed by atoms with Crippen LogP contribution < -0.4 is 5.32 Å². The minimum atomic E-state index is 0.879. The highest BCUT2D eigenvalue weighted by molar-refractivity contribution is 4.83. The highest BCUT2D eigenvalue weighted by Crippen LogP contribution is 2.24. The summed E-state index contributed by atoms with van der Waals surface area (Å²) in [7, 11) is 0. The molecule has 3 nitrogen and oxygen atoms in total. The number of hydrogen-bond acceptors (Lipinski definition) is 3. The summed E-state index contributed by atoms with van der Waals surface area (Å²) in [5.74, 6) is 0. The molecule has 0 radical (unpaired) electrons. The summed E-state index contributed by atoms with van der Waals surface area (Å²) >= 11 is 0. The van der Waals surface area contributed by atoms with Crippen molar-refractivity contribution >= 4 is 0 Å². The van der Waals surface area contributed by atoms with Gasteiger partial charge in [0.15, 0.2) is 0 Å². The third-order valence-corrected chi connectivity index (χ3v) is 4.91. The summed E-state index contributed by atoms with van der Waals surface area (Å²) in [6.07, 6.45) is 10.0. The third-order valence-electron chi connectivity index (χ3n) is 4.91. The number of nitrogens with one attached hydrogen (secondary N) is 1. The SMILES string of the molecule is C1CCC(N2CCN(CCCNC3CC3)CC2)C1. The minimum Gasteiger partial charge on any atom is -0.314 e. The Morgan fingerprint density at radius 3 is 2.28 bits per heavy atom. The number of piperazine rings is 1. The van der Waals surface area contributed by atoms with Gasteiger partial charge < -0.3 is 10.2 Å². The van der Waals surface area contributed by atoms with Crippen molar-refractivity contribution in [3.8, 4) is 0 Å². The standard InChI is InChI=1S/C15H29N3/c1-2-5-15(4-1)18-12-10-17(11-13-18)9-3-8-16-14-6-7-14/h14-16H,1-13H2. The monoisotopic (exact) mass is 251 g/mol. The van der Waals surface area contributed by atoms with Crippen molar-refractivity contribution < 1.29 is 0 Å². The summed E-state index contributed by atoms with van der Waals surface area (Å²) < 4.78 is 0. The van der Waals surface area contributed by atoms with E-state index in [2.05, 4.69) is 15.1 Å². The van der Waals surface area contributed by atoms with Crippen LogP contribution in [0, 0.1) is 0 Å². The van der Waals surface area contributed by atoms with Gasteiger partial charge in [-0.3, -0.25) is 4.90 Å². The first-order valence-corrected chi connectivity index (χ1v) is 8.11. The molecule has 2 aliphatic carbocycles. The van der Waals surface area contributed by atoms with Crippen LogP contribution in [-0.2, 0) is 0 Å². The second kappa shape index (κ2) is 6.36. The average molecular weight is 251 g/mol. The van der Waals surface area contributed by atoms with Crippen molar-refractivity contribution in [3.63, 3.8) is 0 Å². The van der Waals surface area contributed by atoms with Gasteiger partial charge in [-0.15, -0.1) is 0 Å². The highest BCUT2D eigenvalue weighted by atomic mass is 15.3. The van der Waals surface area contributed by atoms with Crippen molar-refractivity contribution in [2.24, 2.45) is 0 Å². The molecule has 1 saturated heterocycles. The molecule has 3 rings (SSSR count). The number of hydrogen-bond donors (Lipinski definition) is 1. The van der Waals surface area contributed by atoms with E-state index in [1.165, 1.54) is 84.2 Å². The molecule has 1 heterocycles. The number of rotatable bonds is 6. The van der Waals surface area contributed by atoms with E-state index in [0.717, 1.165) is 12.1 Å². The van der Waals surface area contributed by atoms with E-state index in [0.29, 0.717) is 0 Å². The fourth-order valence-corrected chi connectivity index (χ4v) is 3.52. The van der Waals surface area contributed by atoms with Crippen LogP contribution in [-0.4, -0.2) is 61.2 Å². The van der Waals surface area contributed by atoms with Crippen molar-refractivity contribution in [3.05, 3.63) is 0 Å². The zero-order valence-corrected chi connectivity index (χ0v) is 11.7. The molecule has 0 bridgehead atoms. The van der Waals surface area contributed by atoms with E-state index in [9.17, 15) is 0 Å². The fourth-order valence-electron chi connectivity index (χ4n) is 3.52. The fraction of sp³-hybridized carbons (Fsp3) is 1.00. The first-order valence-electron chi connectivity index (χ1n) is 8.11. The van der Waals surface area contributed by atoms with Gasteiger partial charge in [0.25, 0.3) is 0 Å². The van der Waals surface area contributed by atoms with E-state index in [1.807, 2.05) is 0 Å². The lowest BCUT2D eigenvalue weighted by molar-refractivity contribution is 0.0972. The molecule has 1 aliphatic heterocycles. The van der Waals surface area contributed by atoms with Crippen LogP contribution in [0.1, 0.15) is 44.9 Å². The molecular formula is C15H29N3. The van der Waals surface area contributed by atoms with E-state index in [4.69, 9.17) is 0 Å². The van der Waals surface area contributed by atoms with E-state index in [-0.39, 0.29) is 0 Å². The highest BCUT2D eigenvalue weighted by Gasteiger charge is 2.25. The molecule has 0 aromatic carbocycles.